The van der Waals surface area contributed by atoms with E-state index in [-0.39, 0.29) is 22.2 Å². The summed E-state index contributed by atoms with van der Waals surface area (Å²) in [6.45, 7) is 1.12. The van der Waals surface area contributed by atoms with E-state index >= 15 is 0 Å². The summed E-state index contributed by atoms with van der Waals surface area (Å²) in [7, 11) is 0. The van der Waals surface area contributed by atoms with E-state index in [1.54, 1.807) is 0 Å². The molecule has 0 amide bonds. The molecule has 0 fully saturated rings. The maximum absolute atomic E-state index is 12.8. The number of carbonyl (C=O) groups is 2. The van der Waals surface area contributed by atoms with Crippen LogP contribution < -0.4 is 0 Å². The lowest BCUT2D eigenvalue weighted by Gasteiger charge is -2.07. The number of aromatic nitrogens is 1. The van der Waals surface area contributed by atoms with Gasteiger partial charge in [-0.3, -0.25) is 24.3 Å². The maximum atomic E-state index is 12.8. The number of fused-ring (bicyclic) bond motifs is 1. The summed E-state index contributed by atoms with van der Waals surface area (Å²) < 4.78 is 38.9. The molecule has 0 saturated carbocycles. The second-order valence-electron chi connectivity index (χ2n) is 5.92. The van der Waals surface area contributed by atoms with E-state index in [0.29, 0.717) is 12.1 Å². The van der Waals surface area contributed by atoms with Crippen LogP contribution in [0.4, 0.5) is 18.9 Å². The lowest BCUT2D eigenvalue weighted by molar-refractivity contribution is -0.384. The highest BCUT2D eigenvalue weighted by Gasteiger charge is 2.31. The van der Waals surface area contributed by atoms with Crippen LogP contribution in [-0.2, 0) is 6.18 Å². The van der Waals surface area contributed by atoms with Crippen molar-refractivity contribution in [3.05, 3.63) is 69.3 Å². The second-order valence-corrected chi connectivity index (χ2v) is 5.92. The number of rotatable bonds is 3. The molecule has 1 N–H and O–H groups in total. The number of ketones is 1. The molecule has 0 aliphatic heterocycles. The summed E-state index contributed by atoms with van der Waals surface area (Å²) in [5.74, 6) is -2.27. The number of halogens is 3. The normalized spacial score (nSPS) is 11.6. The van der Waals surface area contributed by atoms with Crippen LogP contribution in [0.3, 0.4) is 0 Å². The number of nitro groups is 1. The number of non-ortho nitro benzene ring substituents is 1. The first kappa shape index (κ1) is 19.1. The molecule has 0 aliphatic rings. The Balaban J connectivity index is 2.22. The molecule has 0 bridgehead atoms. The number of benzene rings is 2. The van der Waals surface area contributed by atoms with Crippen molar-refractivity contribution in [1.29, 1.82) is 0 Å². The van der Waals surface area contributed by atoms with Crippen molar-refractivity contribution in [3.63, 3.8) is 0 Å². The molecule has 0 aliphatic carbocycles. The van der Waals surface area contributed by atoms with Gasteiger partial charge >= 0.3 is 6.18 Å². The number of hydrogen-bond acceptors (Lipinski definition) is 5. The molecule has 7 nitrogen and oxygen atoms in total. The van der Waals surface area contributed by atoms with Gasteiger partial charge in [-0.25, -0.2) is 0 Å². The smallest absolute Gasteiger partial charge is 0.416 e. The topological polar surface area (TPSA) is 102 Å². The minimum absolute atomic E-state index is 0.0610. The Bertz CT molecular complexity index is 1130. The van der Waals surface area contributed by atoms with Crippen LogP contribution in [0.25, 0.3) is 10.9 Å². The fourth-order valence-corrected chi connectivity index (χ4v) is 2.88. The molecule has 1 heterocycles. The van der Waals surface area contributed by atoms with E-state index in [9.17, 15) is 38.0 Å². The molecule has 28 heavy (non-hydrogen) atoms. The van der Waals surface area contributed by atoms with Crippen LogP contribution in [0.15, 0.2) is 42.5 Å². The predicted molar refractivity (Wildman–Crippen MR) is 91.4 cm³/mol. The van der Waals surface area contributed by atoms with Gasteiger partial charge in [-0.05, 0) is 18.2 Å². The average Bonchev–Trinajstić information content (AvgIpc) is 2.91. The molecule has 0 unspecified atom stereocenters. The molecule has 3 aromatic rings. The standard InChI is InChI=1S/C18H11F3N2O5/c1-9(24)22-14-7-6-12(23(27)28)8-13(14)15(17(22)26)16(25)10-2-4-11(5-3-10)18(19,20)21/h2-8,26H,1H3. The Labute approximate surface area is 154 Å². The number of nitro benzene ring substituents is 1. The van der Waals surface area contributed by atoms with Gasteiger partial charge in [0, 0.05) is 30.0 Å². The van der Waals surface area contributed by atoms with Crippen molar-refractivity contribution in [1.82, 2.24) is 4.57 Å². The Kier molecular flexibility index (Phi) is 4.42. The predicted octanol–water partition coefficient (Wildman–Crippen LogP) is 4.17. The molecular weight excluding hydrogens is 381 g/mol. The molecule has 0 saturated heterocycles. The van der Waals surface area contributed by atoms with Crippen molar-refractivity contribution in [3.8, 4) is 5.88 Å². The number of nitrogens with zero attached hydrogens (tertiary/aromatic N) is 2. The Hall–Kier alpha value is -3.69. The highest BCUT2D eigenvalue weighted by Crippen LogP contribution is 2.36. The highest BCUT2D eigenvalue weighted by molar-refractivity contribution is 6.20. The van der Waals surface area contributed by atoms with Gasteiger partial charge in [0.15, 0.2) is 5.78 Å². The second kappa shape index (κ2) is 6.48. The van der Waals surface area contributed by atoms with Crippen LogP contribution >= 0.6 is 0 Å². The first-order valence-electron chi connectivity index (χ1n) is 7.77. The fourth-order valence-electron chi connectivity index (χ4n) is 2.88. The third-order valence-corrected chi connectivity index (χ3v) is 4.15. The van der Waals surface area contributed by atoms with Crippen molar-refractivity contribution in [2.45, 2.75) is 13.1 Å². The van der Waals surface area contributed by atoms with Crippen LogP contribution in [-0.4, -0.2) is 26.3 Å². The molecule has 1 aromatic heterocycles. The minimum Gasteiger partial charge on any atom is -0.494 e. The van der Waals surface area contributed by atoms with Gasteiger partial charge in [0.2, 0.25) is 11.8 Å². The lowest BCUT2D eigenvalue weighted by Crippen LogP contribution is -2.07. The minimum atomic E-state index is -4.59. The number of carbonyl (C=O) groups excluding carboxylic acids is 2. The maximum Gasteiger partial charge on any atom is 0.416 e. The summed E-state index contributed by atoms with van der Waals surface area (Å²) in [5.41, 5.74) is -1.87. The summed E-state index contributed by atoms with van der Waals surface area (Å²) in [5, 5.41) is 21.4. The molecule has 0 atom stereocenters. The van der Waals surface area contributed by atoms with Gasteiger partial charge in [0.1, 0.15) is 0 Å². The Morgan fingerprint density at radius 3 is 2.21 bits per heavy atom. The van der Waals surface area contributed by atoms with E-state index in [1.165, 1.54) is 6.07 Å². The molecule has 2 aromatic carbocycles. The summed E-state index contributed by atoms with van der Waals surface area (Å²) in [4.78, 5) is 35.0. The molecular formula is C18H11F3N2O5. The Morgan fingerprint density at radius 2 is 1.71 bits per heavy atom. The van der Waals surface area contributed by atoms with E-state index in [4.69, 9.17) is 0 Å². The van der Waals surface area contributed by atoms with Gasteiger partial charge < -0.3 is 5.11 Å². The average molecular weight is 392 g/mol. The summed E-state index contributed by atoms with van der Waals surface area (Å²) in [6.07, 6.45) is -4.59. The summed E-state index contributed by atoms with van der Waals surface area (Å²) >= 11 is 0. The highest BCUT2D eigenvalue weighted by atomic mass is 19.4. The fraction of sp³-hybridized carbons (Fsp3) is 0.111. The molecule has 144 valence electrons. The van der Waals surface area contributed by atoms with E-state index in [0.717, 1.165) is 35.8 Å². The van der Waals surface area contributed by atoms with Crippen molar-refractivity contribution in [2.75, 3.05) is 0 Å². The zero-order valence-electron chi connectivity index (χ0n) is 14.1. The van der Waals surface area contributed by atoms with Crippen LogP contribution in [0.5, 0.6) is 5.88 Å². The van der Waals surface area contributed by atoms with Crippen LogP contribution in [0, 0.1) is 10.1 Å². The zero-order valence-corrected chi connectivity index (χ0v) is 14.1. The lowest BCUT2D eigenvalue weighted by atomic mass is 10.0. The number of aromatic hydroxyl groups is 1. The molecule has 0 radical (unpaired) electrons. The molecule has 0 spiro atoms. The van der Waals surface area contributed by atoms with E-state index in [1.807, 2.05) is 0 Å². The van der Waals surface area contributed by atoms with Gasteiger partial charge in [0.05, 0.1) is 21.6 Å². The van der Waals surface area contributed by atoms with E-state index in [2.05, 4.69) is 0 Å². The molecule has 3 rings (SSSR count). The van der Waals surface area contributed by atoms with Gasteiger partial charge in [-0.2, -0.15) is 13.2 Å². The molecule has 10 heteroatoms. The number of hydrogen-bond donors (Lipinski definition) is 1. The first-order chi connectivity index (χ1) is 13.0. The van der Waals surface area contributed by atoms with Crippen LogP contribution in [0.2, 0.25) is 0 Å². The van der Waals surface area contributed by atoms with Crippen LogP contribution in [0.1, 0.15) is 33.2 Å². The first-order valence-corrected chi connectivity index (χ1v) is 7.77. The van der Waals surface area contributed by atoms with Crippen molar-refractivity contribution >= 4 is 28.3 Å². The third-order valence-electron chi connectivity index (χ3n) is 4.15. The SMILES string of the molecule is CC(=O)n1c(O)c(C(=O)c2ccc(C(F)(F)F)cc2)c2cc([N+](=O)[O-])ccc21. The van der Waals surface area contributed by atoms with E-state index < -0.39 is 39.8 Å². The zero-order chi connectivity index (χ0) is 20.8. The Morgan fingerprint density at radius 1 is 1.11 bits per heavy atom. The van der Waals surface area contributed by atoms with Crippen molar-refractivity contribution < 1.29 is 32.8 Å². The largest absolute Gasteiger partial charge is 0.494 e. The number of alkyl halides is 3. The van der Waals surface area contributed by atoms with Crippen molar-refractivity contribution in [2.24, 2.45) is 0 Å². The van der Waals surface area contributed by atoms with Gasteiger partial charge in [-0.15, -0.1) is 0 Å². The third kappa shape index (κ3) is 3.08. The monoisotopic (exact) mass is 392 g/mol. The van der Waals surface area contributed by atoms with Gasteiger partial charge in [0.25, 0.3) is 5.69 Å². The van der Waals surface area contributed by atoms with Gasteiger partial charge in [-0.1, -0.05) is 12.1 Å². The quantitative estimate of drug-likeness (QED) is 0.410. The summed E-state index contributed by atoms with van der Waals surface area (Å²) in [6, 6.07) is 6.60.